The summed E-state index contributed by atoms with van der Waals surface area (Å²) in [7, 11) is 1.68. The molecule has 0 saturated carbocycles. The number of aryl methyl sites for hydroxylation is 2. The zero-order valence-electron chi connectivity index (χ0n) is 15.3. The number of benzene rings is 1. The Hall–Kier alpha value is -3.82. The fourth-order valence-corrected chi connectivity index (χ4v) is 2.58. The van der Waals surface area contributed by atoms with Crippen molar-refractivity contribution in [2.24, 2.45) is 7.05 Å². The number of alkyl carbamates (subject to hydrolysis) is 1. The Balaban J connectivity index is 1.68. The number of amides is 1. The van der Waals surface area contributed by atoms with Crippen LogP contribution in [0.15, 0.2) is 42.5 Å². The molecule has 0 aliphatic heterocycles. The van der Waals surface area contributed by atoms with E-state index in [0.29, 0.717) is 17.1 Å². The number of nitrogens with zero attached hydrogens (tertiary/aromatic N) is 5. The van der Waals surface area contributed by atoms with Crippen LogP contribution in [0, 0.1) is 17.0 Å². The van der Waals surface area contributed by atoms with E-state index in [1.807, 2.05) is 30.3 Å². The lowest BCUT2D eigenvalue weighted by Crippen LogP contribution is -2.25. The Morgan fingerprint density at radius 2 is 2.00 bits per heavy atom. The van der Waals surface area contributed by atoms with Crippen molar-refractivity contribution in [3.63, 3.8) is 0 Å². The van der Waals surface area contributed by atoms with Gasteiger partial charge in [-0.15, -0.1) is 5.10 Å². The van der Waals surface area contributed by atoms with Gasteiger partial charge in [-0.05, 0) is 18.6 Å². The number of nitro groups is 1. The highest BCUT2D eigenvalue weighted by atomic mass is 16.6. The molecule has 0 aliphatic rings. The van der Waals surface area contributed by atoms with E-state index in [4.69, 9.17) is 4.74 Å². The number of ether oxygens (including phenoxy) is 1. The summed E-state index contributed by atoms with van der Waals surface area (Å²) in [6, 6.07) is 12.2. The van der Waals surface area contributed by atoms with Crippen molar-refractivity contribution in [2.75, 3.05) is 0 Å². The number of nitrogens with one attached hydrogen (secondary N) is 1. The first-order chi connectivity index (χ1) is 13.5. The van der Waals surface area contributed by atoms with Crippen molar-refractivity contribution in [3.05, 3.63) is 69.5 Å². The summed E-state index contributed by atoms with van der Waals surface area (Å²) < 4.78 is 6.69. The predicted molar refractivity (Wildman–Crippen MR) is 99.1 cm³/mol. The Morgan fingerprint density at radius 3 is 2.68 bits per heavy atom. The van der Waals surface area contributed by atoms with Crippen molar-refractivity contribution in [2.45, 2.75) is 20.1 Å². The minimum Gasteiger partial charge on any atom is -0.445 e. The first-order valence-electron chi connectivity index (χ1n) is 8.41. The quantitative estimate of drug-likeness (QED) is 0.513. The fourth-order valence-electron chi connectivity index (χ4n) is 2.58. The third kappa shape index (κ3) is 4.29. The van der Waals surface area contributed by atoms with Gasteiger partial charge in [-0.2, -0.15) is 0 Å². The Kier molecular flexibility index (Phi) is 5.58. The van der Waals surface area contributed by atoms with Gasteiger partial charge in [0.1, 0.15) is 18.0 Å². The lowest BCUT2D eigenvalue weighted by Gasteiger charge is -2.08. The topological polar surface area (TPSA) is 125 Å². The van der Waals surface area contributed by atoms with Crippen LogP contribution in [0.4, 0.5) is 10.5 Å². The normalized spacial score (nSPS) is 10.5. The van der Waals surface area contributed by atoms with Gasteiger partial charge in [-0.3, -0.25) is 10.1 Å². The Bertz CT molecular complexity index is 1000. The molecule has 0 unspecified atom stereocenters. The van der Waals surface area contributed by atoms with Gasteiger partial charge < -0.3 is 10.1 Å². The molecule has 1 amide bonds. The molecule has 0 aliphatic carbocycles. The number of carbonyl (C=O) groups is 1. The van der Waals surface area contributed by atoms with Crippen LogP contribution < -0.4 is 5.32 Å². The first-order valence-corrected chi connectivity index (χ1v) is 8.41. The highest BCUT2D eigenvalue weighted by Crippen LogP contribution is 2.23. The maximum atomic E-state index is 12.0. The van der Waals surface area contributed by atoms with Gasteiger partial charge in [0.25, 0.3) is 5.69 Å². The molecule has 10 nitrogen and oxygen atoms in total. The molecule has 144 valence electrons. The number of pyridine rings is 1. The van der Waals surface area contributed by atoms with Crippen molar-refractivity contribution in [1.82, 2.24) is 25.3 Å². The van der Waals surface area contributed by atoms with Crippen LogP contribution in [0.1, 0.15) is 17.0 Å². The second-order valence-corrected chi connectivity index (χ2v) is 5.98. The van der Waals surface area contributed by atoms with Crippen molar-refractivity contribution in [1.29, 1.82) is 0 Å². The molecule has 1 N–H and O–H groups in total. The van der Waals surface area contributed by atoms with Crippen LogP contribution in [0.3, 0.4) is 0 Å². The van der Waals surface area contributed by atoms with Gasteiger partial charge >= 0.3 is 6.09 Å². The third-order valence-corrected chi connectivity index (χ3v) is 4.05. The molecule has 2 heterocycles. The molecule has 28 heavy (non-hydrogen) atoms. The zero-order valence-corrected chi connectivity index (χ0v) is 15.3. The summed E-state index contributed by atoms with van der Waals surface area (Å²) in [5.74, 6) is 0. The van der Waals surface area contributed by atoms with Gasteiger partial charge in [0.05, 0.1) is 22.9 Å². The number of aromatic nitrogens is 4. The van der Waals surface area contributed by atoms with Gasteiger partial charge in [0, 0.05) is 13.1 Å². The second-order valence-electron chi connectivity index (χ2n) is 5.98. The van der Waals surface area contributed by atoms with E-state index >= 15 is 0 Å². The minimum atomic E-state index is -0.580. The highest BCUT2D eigenvalue weighted by molar-refractivity contribution is 5.68. The average Bonchev–Trinajstić information content (AvgIpc) is 3.05. The molecule has 3 rings (SSSR count). The first kappa shape index (κ1) is 19.0. The van der Waals surface area contributed by atoms with E-state index in [-0.39, 0.29) is 24.5 Å². The summed E-state index contributed by atoms with van der Waals surface area (Å²) in [5, 5.41) is 21.6. The molecule has 2 aromatic heterocycles. The van der Waals surface area contributed by atoms with E-state index in [0.717, 1.165) is 5.56 Å². The van der Waals surface area contributed by atoms with Crippen LogP contribution >= 0.6 is 0 Å². The summed E-state index contributed by atoms with van der Waals surface area (Å²) in [5.41, 5.74) is 2.55. The van der Waals surface area contributed by atoms with Gasteiger partial charge in [-0.25, -0.2) is 14.5 Å². The summed E-state index contributed by atoms with van der Waals surface area (Å²) in [4.78, 5) is 26.7. The minimum absolute atomic E-state index is 0.0724. The molecule has 0 spiro atoms. The lowest BCUT2D eigenvalue weighted by molar-refractivity contribution is -0.385. The predicted octanol–water partition coefficient (Wildman–Crippen LogP) is 2.52. The van der Waals surface area contributed by atoms with Crippen LogP contribution in [0.5, 0.6) is 0 Å². The van der Waals surface area contributed by atoms with E-state index in [9.17, 15) is 14.9 Å². The Labute approximate surface area is 160 Å². The molecular weight excluding hydrogens is 364 g/mol. The summed E-state index contributed by atoms with van der Waals surface area (Å²) in [6.07, 6.45) is -0.580. The average molecular weight is 382 g/mol. The van der Waals surface area contributed by atoms with Crippen molar-refractivity contribution in [3.8, 4) is 11.4 Å². The SMILES string of the molecule is Cc1nc(-c2nnn(C)c2CNC(=O)OCc2ccccc2)ccc1[N+](=O)[O-]. The molecular formula is C18H18N6O4. The Morgan fingerprint density at radius 1 is 1.25 bits per heavy atom. The van der Waals surface area contributed by atoms with Gasteiger partial charge in [0.15, 0.2) is 0 Å². The fraction of sp³-hybridized carbons (Fsp3) is 0.222. The van der Waals surface area contributed by atoms with Crippen LogP contribution in [0.2, 0.25) is 0 Å². The molecule has 0 atom stereocenters. The number of rotatable bonds is 6. The summed E-state index contributed by atoms with van der Waals surface area (Å²) >= 11 is 0. The lowest BCUT2D eigenvalue weighted by atomic mass is 10.2. The third-order valence-electron chi connectivity index (χ3n) is 4.05. The molecule has 3 aromatic rings. The number of hydrogen-bond donors (Lipinski definition) is 1. The maximum Gasteiger partial charge on any atom is 0.407 e. The maximum absolute atomic E-state index is 12.0. The molecule has 0 radical (unpaired) electrons. The van der Waals surface area contributed by atoms with Gasteiger partial charge in [0.2, 0.25) is 0 Å². The molecule has 10 heteroatoms. The van der Waals surface area contributed by atoms with E-state index in [1.165, 1.54) is 16.8 Å². The highest BCUT2D eigenvalue weighted by Gasteiger charge is 2.18. The summed E-state index contributed by atoms with van der Waals surface area (Å²) in [6.45, 7) is 1.83. The van der Waals surface area contributed by atoms with Crippen LogP contribution in [0.25, 0.3) is 11.4 Å². The van der Waals surface area contributed by atoms with E-state index in [2.05, 4.69) is 20.6 Å². The monoisotopic (exact) mass is 382 g/mol. The van der Waals surface area contributed by atoms with Crippen LogP contribution in [-0.2, 0) is 24.9 Å². The van der Waals surface area contributed by atoms with Crippen LogP contribution in [-0.4, -0.2) is 31.0 Å². The van der Waals surface area contributed by atoms with Crippen molar-refractivity contribution >= 4 is 11.8 Å². The molecule has 0 fully saturated rings. The molecule has 0 bridgehead atoms. The number of carbonyl (C=O) groups excluding carboxylic acids is 1. The molecule has 0 saturated heterocycles. The number of hydrogen-bond acceptors (Lipinski definition) is 7. The second kappa shape index (κ2) is 8.25. The smallest absolute Gasteiger partial charge is 0.407 e. The standard InChI is InChI=1S/C18H18N6O4/c1-12-15(24(26)27)9-8-14(20-12)17-16(23(2)22-21-17)10-19-18(25)28-11-13-6-4-3-5-7-13/h3-9H,10-11H2,1-2H3,(H,19,25). The zero-order chi connectivity index (χ0) is 20.1. The van der Waals surface area contributed by atoms with E-state index in [1.54, 1.807) is 14.0 Å². The van der Waals surface area contributed by atoms with Gasteiger partial charge in [-0.1, -0.05) is 35.5 Å². The van der Waals surface area contributed by atoms with E-state index < -0.39 is 11.0 Å². The largest absolute Gasteiger partial charge is 0.445 e. The van der Waals surface area contributed by atoms with Crippen molar-refractivity contribution < 1.29 is 14.5 Å². The molecule has 1 aromatic carbocycles.